The Morgan fingerprint density at radius 3 is 2.87 bits per heavy atom. The third-order valence-corrected chi connectivity index (χ3v) is 3.34. The van der Waals surface area contributed by atoms with Gasteiger partial charge in [0, 0.05) is 18.8 Å². The second-order valence-electron chi connectivity index (χ2n) is 4.59. The molecule has 0 saturated carbocycles. The molecule has 0 bridgehead atoms. The van der Waals surface area contributed by atoms with Crippen LogP contribution in [0.5, 0.6) is 0 Å². The summed E-state index contributed by atoms with van der Waals surface area (Å²) >= 11 is 0. The molecule has 1 amide bonds. The minimum absolute atomic E-state index is 0.0398. The molecule has 1 saturated heterocycles. The summed E-state index contributed by atoms with van der Waals surface area (Å²) in [5.74, 6) is 0.0398. The van der Waals surface area contributed by atoms with Gasteiger partial charge in [0.2, 0.25) is 0 Å². The predicted octanol–water partition coefficient (Wildman–Crippen LogP) is 0.966. The SMILES string of the molecule is CC1(C)C(N)CCN1C(=O)c1ccc[nH]1. The summed E-state index contributed by atoms with van der Waals surface area (Å²) in [4.78, 5) is 16.9. The standard InChI is InChI=1S/C11H17N3O/c1-11(2)9(12)5-7-14(11)10(15)8-4-3-6-13-8/h3-4,6,9,13H,5,7,12H2,1-2H3. The molecule has 1 unspecified atom stereocenters. The molecule has 1 aliphatic rings. The van der Waals surface area contributed by atoms with Gasteiger partial charge in [-0.3, -0.25) is 4.79 Å². The number of hydrogen-bond donors (Lipinski definition) is 2. The average molecular weight is 207 g/mol. The second kappa shape index (κ2) is 3.38. The summed E-state index contributed by atoms with van der Waals surface area (Å²) in [5.41, 5.74) is 6.38. The highest BCUT2D eigenvalue weighted by molar-refractivity contribution is 5.93. The molecule has 0 radical (unpaired) electrons. The molecule has 0 spiro atoms. The summed E-state index contributed by atoms with van der Waals surface area (Å²) in [5, 5.41) is 0. The lowest BCUT2D eigenvalue weighted by atomic mass is 9.96. The number of hydrogen-bond acceptors (Lipinski definition) is 2. The van der Waals surface area contributed by atoms with Gasteiger partial charge in [0.15, 0.2) is 0 Å². The molecular formula is C11H17N3O. The number of nitrogens with two attached hydrogens (primary N) is 1. The van der Waals surface area contributed by atoms with Gasteiger partial charge in [0.25, 0.3) is 5.91 Å². The van der Waals surface area contributed by atoms with Crippen molar-refractivity contribution >= 4 is 5.91 Å². The molecule has 1 aliphatic heterocycles. The fraction of sp³-hybridized carbons (Fsp3) is 0.545. The molecule has 2 heterocycles. The predicted molar refractivity (Wildman–Crippen MR) is 58.5 cm³/mol. The van der Waals surface area contributed by atoms with E-state index in [2.05, 4.69) is 4.98 Å². The molecule has 2 rings (SSSR count). The second-order valence-corrected chi connectivity index (χ2v) is 4.59. The highest BCUT2D eigenvalue weighted by Gasteiger charge is 2.42. The molecular weight excluding hydrogens is 190 g/mol. The van der Waals surface area contributed by atoms with E-state index in [1.807, 2.05) is 24.8 Å². The number of H-pyrrole nitrogens is 1. The maximum Gasteiger partial charge on any atom is 0.270 e. The Balaban J connectivity index is 2.22. The number of aromatic amines is 1. The molecule has 1 aromatic heterocycles. The zero-order valence-corrected chi connectivity index (χ0v) is 9.16. The van der Waals surface area contributed by atoms with Crippen LogP contribution in [0.1, 0.15) is 30.8 Å². The van der Waals surface area contributed by atoms with Crippen molar-refractivity contribution in [2.45, 2.75) is 31.8 Å². The van der Waals surface area contributed by atoms with E-state index in [9.17, 15) is 4.79 Å². The van der Waals surface area contributed by atoms with Gasteiger partial charge >= 0.3 is 0 Å². The van der Waals surface area contributed by atoms with Crippen molar-refractivity contribution in [2.24, 2.45) is 5.73 Å². The number of likely N-dealkylation sites (tertiary alicyclic amines) is 1. The largest absolute Gasteiger partial charge is 0.357 e. The number of carbonyl (C=O) groups is 1. The summed E-state index contributed by atoms with van der Waals surface area (Å²) < 4.78 is 0. The van der Waals surface area contributed by atoms with E-state index in [1.54, 1.807) is 12.3 Å². The van der Waals surface area contributed by atoms with Crippen molar-refractivity contribution in [2.75, 3.05) is 6.54 Å². The summed E-state index contributed by atoms with van der Waals surface area (Å²) in [6.45, 7) is 4.78. The van der Waals surface area contributed by atoms with E-state index >= 15 is 0 Å². The topological polar surface area (TPSA) is 62.1 Å². The Morgan fingerprint density at radius 1 is 1.67 bits per heavy atom. The zero-order valence-electron chi connectivity index (χ0n) is 9.16. The normalized spacial score (nSPS) is 24.5. The van der Waals surface area contributed by atoms with E-state index in [0.29, 0.717) is 5.69 Å². The van der Waals surface area contributed by atoms with Crippen LogP contribution in [0.15, 0.2) is 18.3 Å². The third-order valence-electron chi connectivity index (χ3n) is 3.34. The van der Waals surface area contributed by atoms with E-state index < -0.39 is 0 Å². The maximum absolute atomic E-state index is 12.1. The quantitative estimate of drug-likeness (QED) is 0.720. The molecule has 82 valence electrons. The Bertz CT molecular complexity index is 356. The fourth-order valence-corrected chi connectivity index (χ4v) is 2.08. The summed E-state index contributed by atoms with van der Waals surface area (Å²) in [7, 11) is 0. The molecule has 0 aliphatic carbocycles. The first-order chi connectivity index (χ1) is 7.03. The lowest BCUT2D eigenvalue weighted by molar-refractivity contribution is 0.0631. The van der Waals surface area contributed by atoms with Gasteiger partial charge in [-0.2, -0.15) is 0 Å². The first-order valence-corrected chi connectivity index (χ1v) is 5.24. The number of rotatable bonds is 1. The lowest BCUT2D eigenvalue weighted by Gasteiger charge is -2.34. The van der Waals surface area contributed by atoms with E-state index in [4.69, 9.17) is 5.73 Å². The first kappa shape index (κ1) is 10.2. The van der Waals surface area contributed by atoms with Crippen molar-refractivity contribution in [1.82, 2.24) is 9.88 Å². The summed E-state index contributed by atoms with van der Waals surface area (Å²) in [6.07, 6.45) is 2.63. The molecule has 4 heteroatoms. The monoisotopic (exact) mass is 207 g/mol. The highest BCUT2D eigenvalue weighted by atomic mass is 16.2. The van der Waals surface area contributed by atoms with Gasteiger partial charge in [-0.1, -0.05) is 0 Å². The number of nitrogens with one attached hydrogen (secondary N) is 1. The van der Waals surface area contributed by atoms with Crippen molar-refractivity contribution in [3.8, 4) is 0 Å². The minimum Gasteiger partial charge on any atom is -0.357 e. The Hall–Kier alpha value is -1.29. The molecule has 4 nitrogen and oxygen atoms in total. The molecule has 3 N–H and O–H groups in total. The van der Waals surface area contributed by atoms with Crippen molar-refractivity contribution in [3.63, 3.8) is 0 Å². The van der Waals surface area contributed by atoms with Crippen LogP contribution < -0.4 is 5.73 Å². The van der Waals surface area contributed by atoms with Gasteiger partial charge < -0.3 is 15.6 Å². The molecule has 1 atom stereocenters. The Morgan fingerprint density at radius 2 is 2.40 bits per heavy atom. The van der Waals surface area contributed by atoms with E-state index in [0.717, 1.165) is 13.0 Å². The Labute approximate surface area is 89.5 Å². The van der Waals surface area contributed by atoms with Gasteiger partial charge in [-0.05, 0) is 32.4 Å². The zero-order chi connectivity index (χ0) is 11.1. The molecule has 0 aromatic carbocycles. The van der Waals surface area contributed by atoms with Crippen LogP contribution in [0.2, 0.25) is 0 Å². The third kappa shape index (κ3) is 1.55. The van der Waals surface area contributed by atoms with Crippen LogP contribution in [-0.2, 0) is 0 Å². The average Bonchev–Trinajstić information content (AvgIpc) is 2.76. The number of aromatic nitrogens is 1. The highest BCUT2D eigenvalue weighted by Crippen LogP contribution is 2.28. The number of amides is 1. The van der Waals surface area contributed by atoms with Gasteiger partial charge in [-0.15, -0.1) is 0 Å². The number of carbonyl (C=O) groups excluding carboxylic acids is 1. The molecule has 1 aromatic rings. The number of nitrogens with zero attached hydrogens (tertiary/aromatic N) is 1. The van der Waals surface area contributed by atoms with E-state index in [1.165, 1.54) is 0 Å². The van der Waals surface area contributed by atoms with Crippen molar-refractivity contribution in [1.29, 1.82) is 0 Å². The fourth-order valence-electron chi connectivity index (χ4n) is 2.08. The van der Waals surface area contributed by atoms with Crippen molar-refractivity contribution < 1.29 is 4.79 Å². The van der Waals surface area contributed by atoms with E-state index in [-0.39, 0.29) is 17.5 Å². The van der Waals surface area contributed by atoms with Crippen LogP contribution >= 0.6 is 0 Å². The van der Waals surface area contributed by atoms with Gasteiger partial charge in [0.1, 0.15) is 5.69 Å². The smallest absolute Gasteiger partial charge is 0.270 e. The van der Waals surface area contributed by atoms with Crippen LogP contribution in [0.3, 0.4) is 0 Å². The molecule has 15 heavy (non-hydrogen) atoms. The van der Waals surface area contributed by atoms with Crippen LogP contribution in [0.25, 0.3) is 0 Å². The van der Waals surface area contributed by atoms with Crippen LogP contribution in [0.4, 0.5) is 0 Å². The van der Waals surface area contributed by atoms with Gasteiger partial charge in [0.05, 0.1) is 5.54 Å². The first-order valence-electron chi connectivity index (χ1n) is 5.24. The summed E-state index contributed by atoms with van der Waals surface area (Å²) in [6, 6.07) is 3.69. The van der Waals surface area contributed by atoms with Gasteiger partial charge in [-0.25, -0.2) is 0 Å². The Kier molecular flexibility index (Phi) is 2.31. The van der Waals surface area contributed by atoms with Crippen LogP contribution in [-0.4, -0.2) is 33.9 Å². The lowest BCUT2D eigenvalue weighted by Crippen LogP contribution is -2.51. The van der Waals surface area contributed by atoms with Crippen LogP contribution in [0, 0.1) is 0 Å². The maximum atomic E-state index is 12.1. The minimum atomic E-state index is -0.248. The van der Waals surface area contributed by atoms with Crippen molar-refractivity contribution in [3.05, 3.63) is 24.0 Å². The molecule has 1 fully saturated rings.